The van der Waals surface area contributed by atoms with Crippen molar-refractivity contribution in [2.24, 2.45) is 11.1 Å². The van der Waals surface area contributed by atoms with E-state index < -0.39 is 0 Å². The lowest BCUT2D eigenvalue weighted by atomic mass is 9.85. The van der Waals surface area contributed by atoms with Gasteiger partial charge < -0.3 is 10.6 Å². The Bertz CT molecular complexity index is 122. The summed E-state index contributed by atoms with van der Waals surface area (Å²) >= 11 is 0. The van der Waals surface area contributed by atoms with E-state index in [4.69, 9.17) is 5.73 Å². The van der Waals surface area contributed by atoms with Gasteiger partial charge in [-0.15, -0.1) is 24.8 Å². The molecule has 0 aromatic rings. The molecular formula is C7H16Cl2N2. The van der Waals surface area contributed by atoms with Gasteiger partial charge in [0.25, 0.3) is 0 Å². The van der Waals surface area contributed by atoms with Gasteiger partial charge in [0, 0.05) is 6.54 Å². The minimum Gasteiger partial charge on any atom is -0.330 e. The molecule has 2 rings (SSSR count). The molecule has 0 radical (unpaired) electrons. The van der Waals surface area contributed by atoms with Gasteiger partial charge in [-0.1, -0.05) is 0 Å². The summed E-state index contributed by atoms with van der Waals surface area (Å²) in [5, 5.41) is 0. The Morgan fingerprint density at radius 2 is 1.73 bits per heavy atom. The maximum absolute atomic E-state index is 5.68. The highest BCUT2D eigenvalue weighted by Crippen LogP contribution is 2.38. The lowest BCUT2D eigenvalue weighted by Gasteiger charge is -2.21. The SMILES string of the molecule is Cl.Cl.NCC12CCN(CC1)C2. The first kappa shape index (κ1) is 11.5. The number of hydrogen-bond acceptors (Lipinski definition) is 2. The van der Waals surface area contributed by atoms with E-state index in [9.17, 15) is 0 Å². The predicted molar refractivity (Wildman–Crippen MR) is 51.7 cm³/mol. The van der Waals surface area contributed by atoms with E-state index in [2.05, 4.69) is 4.90 Å². The van der Waals surface area contributed by atoms with Gasteiger partial charge >= 0.3 is 0 Å². The Balaban J connectivity index is 0.000000500. The molecule has 0 aromatic carbocycles. The van der Waals surface area contributed by atoms with Crippen LogP contribution in [-0.2, 0) is 0 Å². The number of fused-ring (bicyclic) bond motifs is 2. The normalized spacial score (nSPS) is 39.5. The lowest BCUT2D eigenvalue weighted by Crippen LogP contribution is -2.28. The zero-order chi connectivity index (χ0) is 6.32. The Hall–Kier alpha value is 0.500. The fraction of sp³-hybridized carbons (Fsp3) is 1.00. The van der Waals surface area contributed by atoms with Gasteiger partial charge in [-0.05, 0) is 37.9 Å². The van der Waals surface area contributed by atoms with Crippen molar-refractivity contribution in [2.75, 3.05) is 26.2 Å². The van der Waals surface area contributed by atoms with E-state index in [-0.39, 0.29) is 24.8 Å². The summed E-state index contributed by atoms with van der Waals surface area (Å²) in [6.07, 6.45) is 2.70. The zero-order valence-electron chi connectivity index (χ0n) is 6.58. The third-order valence-corrected chi connectivity index (χ3v) is 2.91. The van der Waals surface area contributed by atoms with E-state index in [1.54, 1.807) is 0 Å². The van der Waals surface area contributed by atoms with Crippen LogP contribution in [0.3, 0.4) is 0 Å². The molecule has 2 nitrogen and oxygen atoms in total. The monoisotopic (exact) mass is 198 g/mol. The van der Waals surface area contributed by atoms with Crippen molar-refractivity contribution in [3.8, 4) is 0 Å². The summed E-state index contributed by atoms with van der Waals surface area (Å²) in [5.74, 6) is 0. The summed E-state index contributed by atoms with van der Waals surface area (Å²) in [7, 11) is 0. The van der Waals surface area contributed by atoms with E-state index in [1.807, 2.05) is 0 Å². The molecule has 0 aliphatic carbocycles. The smallest absolute Gasteiger partial charge is 0.00510 e. The summed E-state index contributed by atoms with van der Waals surface area (Å²) in [6, 6.07) is 0. The molecule has 2 aliphatic heterocycles. The maximum Gasteiger partial charge on any atom is 0.00510 e. The number of halogens is 2. The van der Waals surface area contributed by atoms with Crippen LogP contribution in [0.5, 0.6) is 0 Å². The molecule has 0 unspecified atom stereocenters. The summed E-state index contributed by atoms with van der Waals surface area (Å²) in [6.45, 7) is 4.79. The van der Waals surface area contributed by atoms with Gasteiger partial charge in [0.2, 0.25) is 0 Å². The maximum atomic E-state index is 5.68. The lowest BCUT2D eigenvalue weighted by molar-refractivity contribution is 0.328. The van der Waals surface area contributed by atoms with Crippen molar-refractivity contribution in [2.45, 2.75) is 12.8 Å². The molecule has 0 aromatic heterocycles. The van der Waals surface area contributed by atoms with Crippen LogP contribution in [0.25, 0.3) is 0 Å². The van der Waals surface area contributed by atoms with Crippen LogP contribution in [0.4, 0.5) is 0 Å². The summed E-state index contributed by atoms with van der Waals surface area (Å²) in [4.78, 5) is 2.52. The molecule has 68 valence electrons. The van der Waals surface area contributed by atoms with Crippen LogP contribution in [0.2, 0.25) is 0 Å². The van der Waals surface area contributed by atoms with Crippen LogP contribution in [0.1, 0.15) is 12.8 Å². The van der Waals surface area contributed by atoms with Gasteiger partial charge in [-0.3, -0.25) is 0 Å². The molecule has 2 fully saturated rings. The first-order valence-electron chi connectivity index (χ1n) is 3.77. The van der Waals surface area contributed by atoms with Crippen molar-refractivity contribution in [1.29, 1.82) is 0 Å². The fourth-order valence-corrected chi connectivity index (χ4v) is 2.09. The second-order valence-corrected chi connectivity index (χ2v) is 3.48. The minimum absolute atomic E-state index is 0. The Morgan fingerprint density at radius 1 is 1.18 bits per heavy atom. The highest BCUT2D eigenvalue weighted by Gasteiger charge is 2.42. The highest BCUT2D eigenvalue weighted by molar-refractivity contribution is 5.85. The Labute approximate surface area is 80.3 Å². The third kappa shape index (κ3) is 1.81. The second-order valence-electron chi connectivity index (χ2n) is 3.48. The van der Waals surface area contributed by atoms with Gasteiger partial charge in [-0.25, -0.2) is 0 Å². The van der Waals surface area contributed by atoms with Gasteiger partial charge in [-0.2, -0.15) is 0 Å². The number of rotatable bonds is 1. The van der Waals surface area contributed by atoms with E-state index in [0.29, 0.717) is 5.41 Å². The molecule has 0 spiro atoms. The standard InChI is InChI=1S/C7H14N2.2ClH/c8-5-7-1-3-9(6-7)4-2-7;;/h1-6,8H2;2*1H. The average Bonchev–Trinajstić information content (AvgIpc) is 2.46. The minimum atomic E-state index is 0. The second kappa shape index (κ2) is 3.94. The molecule has 2 saturated heterocycles. The van der Waals surface area contributed by atoms with Gasteiger partial charge in [0.05, 0.1) is 0 Å². The van der Waals surface area contributed by atoms with E-state index in [0.717, 1.165) is 6.54 Å². The third-order valence-electron chi connectivity index (χ3n) is 2.91. The molecule has 2 N–H and O–H groups in total. The van der Waals surface area contributed by atoms with Gasteiger partial charge in [0.1, 0.15) is 0 Å². The van der Waals surface area contributed by atoms with Crippen LogP contribution in [0.15, 0.2) is 0 Å². The first-order valence-corrected chi connectivity index (χ1v) is 3.77. The molecule has 2 bridgehead atoms. The van der Waals surface area contributed by atoms with Crippen molar-refractivity contribution < 1.29 is 0 Å². The van der Waals surface area contributed by atoms with Crippen LogP contribution >= 0.6 is 24.8 Å². The summed E-state index contributed by atoms with van der Waals surface area (Å²) < 4.78 is 0. The van der Waals surface area contributed by atoms with E-state index in [1.165, 1.54) is 32.5 Å². The number of hydrogen-bond donors (Lipinski definition) is 1. The predicted octanol–water partition coefficient (Wildman–Crippen LogP) is 0.885. The molecule has 2 aliphatic rings. The molecule has 2 heterocycles. The largest absolute Gasteiger partial charge is 0.330 e. The zero-order valence-corrected chi connectivity index (χ0v) is 8.22. The number of nitrogens with zero attached hydrogens (tertiary/aromatic N) is 1. The average molecular weight is 199 g/mol. The molecule has 11 heavy (non-hydrogen) atoms. The van der Waals surface area contributed by atoms with Gasteiger partial charge in [0.15, 0.2) is 0 Å². The quantitative estimate of drug-likeness (QED) is 0.679. The molecular weight excluding hydrogens is 183 g/mol. The molecule has 0 atom stereocenters. The van der Waals surface area contributed by atoms with E-state index >= 15 is 0 Å². The molecule has 0 saturated carbocycles. The van der Waals surface area contributed by atoms with Crippen LogP contribution < -0.4 is 5.73 Å². The Kier molecular flexibility index (Phi) is 4.12. The van der Waals surface area contributed by atoms with Crippen molar-refractivity contribution in [3.63, 3.8) is 0 Å². The van der Waals surface area contributed by atoms with Crippen molar-refractivity contribution >= 4 is 24.8 Å². The topological polar surface area (TPSA) is 29.3 Å². The number of piperidine rings is 1. The van der Waals surface area contributed by atoms with Crippen LogP contribution in [-0.4, -0.2) is 31.1 Å². The number of nitrogens with two attached hydrogens (primary N) is 1. The highest BCUT2D eigenvalue weighted by atomic mass is 35.5. The molecule has 4 heteroatoms. The fourth-order valence-electron chi connectivity index (χ4n) is 2.09. The Morgan fingerprint density at radius 3 is 1.91 bits per heavy atom. The first-order chi connectivity index (χ1) is 4.35. The van der Waals surface area contributed by atoms with Crippen molar-refractivity contribution in [3.05, 3.63) is 0 Å². The molecule has 0 amide bonds. The van der Waals surface area contributed by atoms with Crippen LogP contribution in [0, 0.1) is 5.41 Å². The summed E-state index contributed by atoms with van der Waals surface area (Å²) in [5.41, 5.74) is 6.23. The van der Waals surface area contributed by atoms with Crippen molar-refractivity contribution in [1.82, 2.24) is 4.90 Å².